The molecule has 0 aromatic carbocycles. The maximum absolute atomic E-state index is 11.2. The Morgan fingerprint density at radius 3 is 3.00 bits per heavy atom. The third-order valence-corrected chi connectivity index (χ3v) is 1.89. The zero-order valence-corrected chi connectivity index (χ0v) is 7.78. The molecule has 0 aliphatic carbocycles. The number of unbranched alkanes of at least 4 members (excludes halogenated alkanes) is 1. The lowest BCUT2D eigenvalue weighted by Crippen LogP contribution is -2.41. The van der Waals surface area contributed by atoms with Crippen LogP contribution in [-0.4, -0.2) is 36.2 Å². The zero-order chi connectivity index (χ0) is 10.4. The van der Waals surface area contributed by atoms with E-state index in [0.717, 1.165) is 0 Å². The highest BCUT2D eigenvalue weighted by atomic mass is 16.7. The van der Waals surface area contributed by atoms with E-state index in [1.54, 1.807) is 0 Å². The van der Waals surface area contributed by atoms with Crippen molar-refractivity contribution < 1.29 is 19.5 Å². The van der Waals surface area contributed by atoms with Gasteiger partial charge in [0.2, 0.25) is 5.91 Å². The Bertz CT molecular complexity index is 219. The quantitative estimate of drug-likeness (QED) is 0.483. The average molecular weight is 202 g/mol. The van der Waals surface area contributed by atoms with Crippen LogP contribution in [0.3, 0.4) is 0 Å². The second-order valence-electron chi connectivity index (χ2n) is 3.08. The largest absolute Gasteiger partial charge is 0.396 e. The van der Waals surface area contributed by atoms with Crippen molar-refractivity contribution in [1.82, 2.24) is 10.8 Å². The van der Waals surface area contributed by atoms with Gasteiger partial charge in [0.25, 0.3) is 5.91 Å². The van der Waals surface area contributed by atoms with Crippen molar-refractivity contribution >= 4 is 11.8 Å². The molecule has 6 heteroatoms. The van der Waals surface area contributed by atoms with E-state index in [2.05, 4.69) is 15.6 Å². The first kappa shape index (κ1) is 10.9. The van der Waals surface area contributed by atoms with Crippen molar-refractivity contribution in [2.24, 2.45) is 0 Å². The molecular weight excluding hydrogens is 188 g/mol. The van der Waals surface area contributed by atoms with E-state index in [0.29, 0.717) is 19.3 Å². The Hall–Kier alpha value is -1.14. The van der Waals surface area contributed by atoms with E-state index in [-0.39, 0.29) is 25.0 Å². The fourth-order valence-corrected chi connectivity index (χ4v) is 1.11. The summed E-state index contributed by atoms with van der Waals surface area (Å²) in [6.45, 7) is 0.255. The van der Waals surface area contributed by atoms with E-state index in [1.165, 1.54) is 0 Å². The molecule has 80 valence electrons. The number of amides is 2. The summed E-state index contributed by atoms with van der Waals surface area (Å²) in [4.78, 5) is 26.8. The predicted octanol–water partition coefficient (Wildman–Crippen LogP) is -1.30. The monoisotopic (exact) mass is 202 g/mol. The first-order chi connectivity index (χ1) is 6.74. The second-order valence-corrected chi connectivity index (χ2v) is 3.08. The molecule has 0 bridgehead atoms. The highest BCUT2D eigenvalue weighted by molar-refractivity contribution is 5.88. The molecule has 1 saturated heterocycles. The van der Waals surface area contributed by atoms with Crippen LogP contribution in [-0.2, 0) is 14.4 Å². The molecule has 6 nitrogen and oxygen atoms in total. The zero-order valence-electron chi connectivity index (χ0n) is 7.78. The number of nitrogens with one attached hydrogen (secondary N) is 2. The Labute approximate surface area is 81.6 Å². The van der Waals surface area contributed by atoms with Gasteiger partial charge in [-0.2, -0.15) is 0 Å². The van der Waals surface area contributed by atoms with E-state index in [4.69, 9.17) is 5.11 Å². The molecule has 3 N–H and O–H groups in total. The number of carbonyl (C=O) groups is 2. The Kier molecular flexibility index (Phi) is 4.34. The highest BCUT2D eigenvalue weighted by Gasteiger charge is 2.26. The number of aliphatic hydroxyl groups excluding tert-OH is 1. The Morgan fingerprint density at radius 2 is 2.43 bits per heavy atom. The first-order valence-electron chi connectivity index (χ1n) is 4.56. The molecule has 0 radical (unpaired) electrons. The summed E-state index contributed by atoms with van der Waals surface area (Å²) in [5, 5.41) is 11.0. The predicted molar refractivity (Wildman–Crippen MR) is 47.0 cm³/mol. The van der Waals surface area contributed by atoms with E-state index in [9.17, 15) is 9.59 Å². The van der Waals surface area contributed by atoms with Crippen LogP contribution in [0.5, 0.6) is 0 Å². The molecule has 1 atom stereocenters. The van der Waals surface area contributed by atoms with Gasteiger partial charge in [-0.1, -0.05) is 0 Å². The number of hydrogen-bond acceptors (Lipinski definition) is 4. The number of aliphatic hydroxyl groups is 1. The van der Waals surface area contributed by atoms with Crippen LogP contribution in [0.1, 0.15) is 19.3 Å². The van der Waals surface area contributed by atoms with Crippen molar-refractivity contribution in [3.63, 3.8) is 0 Å². The summed E-state index contributed by atoms with van der Waals surface area (Å²) in [6.07, 6.45) is 1.54. The minimum atomic E-state index is -0.573. The number of hydroxylamine groups is 1. The normalized spacial score (nSPS) is 20.6. The van der Waals surface area contributed by atoms with Crippen molar-refractivity contribution in [3.05, 3.63) is 0 Å². The summed E-state index contributed by atoms with van der Waals surface area (Å²) in [6, 6.07) is -0.573. The SMILES string of the molecule is O=C(CCCCO)N[C@@H]1CONC1=O. The second kappa shape index (κ2) is 5.56. The Balaban J connectivity index is 2.16. The lowest BCUT2D eigenvalue weighted by atomic mass is 10.2. The molecule has 0 aromatic rings. The maximum atomic E-state index is 11.2. The van der Waals surface area contributed by atoms with Gasteiger partial charge in [-0.15, -0.1) is 0 Å². The van der Waals surface area contributed by atoms with Crippen LogP contribution in [0.25, 0.3) is 0 Å². The van der Waals surface area contributed by atoms with Gasteiger partial charge in [0.1, 0.15) is 12.6 Å². The van der Waals surface area contributed by atoms with E-state index in [1.807, 2.05) is 0 Å². The Morgan fingerprint density at radius 1 is 1.64 bits per heavy atom. The van der Waals surface area contributed by atoms with Crippen LogP contribution in [0, 0.1) is 0 Å². The average Bonchev–Trinajstić information content (AvgIpc) is 2.52. The van der Waals surface area contributed by atoms with Crippen LogP contribution < -0.4 is 10.8 Å². The number of rotatable bonds is 5. The molecule has 0 saturated carbocycles. The molecule has 0 spiro atoms. The summed E-state index contributed by atoms with van der Waals surface area (Å²) in [7, 11) is 0. The van der Waals surface area contributed by atoms with E-state index < -0.39 is 6.04 Å². The van der Waals surface area contributed by atoms with Gasteiger partial charge < -0.3 is 10.4 Å². The van der Waals surface area contributed by atoms with Gasteiger partial charge in [-0.05, 0) is 12.8 Å². The van der Waals surface area contributed by atoms with Gasteiger partial charge in [0.05, 0.1) is 0 Å². The molecule has 14 heavy (non-hydrogen) atoms. The lowest BCUT2D eigenvalue weighted by Gasteiger charge is -2.07. The van der Waals surface area contributed by atoms with Crippen molar-refractivity contribution in [2.75, 3.05) is 13.2 Å². The van der Waals surface area contributed by atoms with Crippen LogP contribution >= 0.6 is 0 Å². The maximum Gasteiger partial charge on any atom is 0.268 e. The van der Waals surface area contributed by atoms with Gasteiger partial charge in [0, 0.05) is 13.0 Å². The third kappa shape index (κ3) is 3.31. The van der Waals surface area contributed by atoms with E-state index >= 15 is 0 Å². The third-order valence-electron chi connectivity index (χ3n) is 1.89. The molecule has 1 aliphatic rings. The molecule has 0 aromatic heterocycles. The van der Waals surface area contributed by atoms with Crippen molar-refractivity contribution in [3.8, 4) is 0 Å². The minimum absolute atomic E-state index is 0.0836. The smallest absolute Gasteiger partial charge is 0.268 e. The number of hydrogen-bond donors (Lipinski definition) is 3. The topological polar surface area (TPSA) is 87.7 Å². The summed E-state index contributed by atoms with van der Waals surface area (Å²) < 4.78 is 0. The highest BCUT2D eigenvalue weighted by Crippen LogP contribution is 1.98. The molecule has 2 amide bonds. The van der Waals surface area contributed by atoms with Gasteiger partial charge >= 0.3 is 0 Å². The molecule has 1 rings (SSSR count). The molecule has 0 unspecified atom stereocenters. The van der Waals surface area contributed by atoms with Gasteiger partial charge in [-0.25, -0.2) is 5.48 Å². The standard InChI is InChI=1S/C8H14N2O4/c11-4-2-1-3-7(12)9-6-5-14-10-8(6)13/h6,11H,1-5H2,(H,9,12)(H,10,13)/t6-/m1/s1. The minimum Gasteiger partial charge on any atom is -0.396 e. The molecule has 1 heterocycles. The lowest BCUT2D eigenvalue weighted by molar-refractivity contribution is -0.128. The molecule has 1 fully saturated rings. The van der Waals surface area contributed by atoms with Crippen LogP contribution in [0.15, 0.2) is 0 Å². The van der Waals surface area contributed by atoms with Crippen molar-refractivity contribution in [2.45, 2.75) is 25.3 Å². The summed E-state index contributed by atoms with van der Waals surface area (Å²) >= 11 is 0. The fraction of sp³-hybridized carbons (Fsp3) is 0.750. The summed E-state index contributed by atoms with van der Waals surface area (Å²) in [5.41, 5.74) is 2.15. The summed E-state index contributed by atoms with van der Waals surface area (Å²) in [5.74, 6) is -0.510. The molecular formula is C8H14N2O4. The number of carbonyl (C=O) groups excluding carboxylic acids is 2. The fourth-order valence-electron chi connectivity index (χ4n) is 1.11. The van der Waals surface area contributed by atoms with Crippen molar-refractivity contribution in [1.29, 1.82) is 0 Å². The first-order valence-corrected chi connectivity index (χ1v) is 4.56. The van der Waals surface area contributed by atoms with Crippen LogP contribution in [0.4, 0.5) is 0 Å². The van der Waals surface area contributed by atoms with Gasteiger partial charge in [-0.3, -0.25) is 14.4 Å². The molecule has 1 aliphatic heterocycles. The van der Waals surface area contributed by atoms with Crippen LogP contribution in [0.2, 0.25) is 0 Å². The van der Waals surface area contributed by atoms with Gasteiger partial charge in [0.15, 0.2) is 0 Å².